The van der Waals surface area contributed by atoms with Crippen molar-refractivity contribution in [2.24, 2.45) is 0 Å². The van der Waals surface area contributed by atoms with Gasteiger partial charge in [-0.2, -0.15) is 0 Å². The van der Waals surface area contributed by atoms with Gasteiger partial charge in [0.2, 0.25) is 0 Å². The fourth-order valence-corrected chi connectivity index (χ4v) is 2.34. The minimum atomic E-state index is 0.218. The first-order valence-electron chi connectivity index (χ1n) is 7.01. The van der Waals surface area contributed by atoms with Crippen LogP contribution < -0.4 is 14.8 Å². The molecule has 0 bridgehead atoms. The quantitative estimate of drug-likeness (QED) is 0.739. The van der Waals surface area contributed by atoms with E-state index in [4.69, 9.17) is 14.6 Å². The molecule has 0 unspecified atom stereocenters. The fraction of sp³-hybridized carbons (Fsp3) is 0.600. The van der Waals surface area contributed by atoms with Crippen molar-refractivity contribution in [2.45, 2.75) is 39.3 Å². The highest BCUT2D eigenvalue weighted by molar-refractivity contribution is 5.48. The minimum Gasteiger partial charge on any atom is -0.494 e. The molecule has 106 valence electrons. The molecule has 4 nitrogen and oxygen atoms in total. The van der Waals surface area contributed by atoms with Crippen LogP contribution >= 0.6 is 0 Å². The lowest BCUT2D eigenvalue weighted by atomic mass is 10.1. The molecule has 0 radical (unpaired) electrons. The molecule has 4 heteroatoms. The van der Waals surface area contributed by atoms with E-state index in [1.165, 1.54) is 5.56 Å². The van der Waals surface area contributed by atoms with E-state index >= 15 is 0 Å². The minimum absolute atomic E-state index is 0.218. The van der Waals surface area contributed by atoms with Crippen LogP contribution in [0.2, 0.25) is 0 Å². The van der Waals surface area contributed by atoms with Gasteiger partial charge >= 0.3 is 0 Å². The van der Waals surface area contributed by atoms with Gasteiger partial charge in [0, 0.05) is 30.7 Å². The summed E-state index contributed by atoms with van der Waals surface area (Å²) in [5.74, 6) is 1.92. The van der Waals surface area contributed by atoms with Crippen molar-refractivity contribution < 1.29 is 14.6 Å². The monoisotopic (exact) mass is 265 g/mol. The summed E-state index contributed by atoms with van der Waals surface area (Å²) < 4.78 is 11.5. The Labute approximate surface area is 114 Å². The molecule has 1 heterocycles. The van der Waals surface area contributed by atoms with Gasteiger partial charge in [-0.25, -0.2) is 0 Å². The van der Waals surface area contributed by atoms with Crippen molar-refractivity contribution in [1.29, 1.82) is 0 Å². The molecule has 1 aliphatic rings. The van der Waals surface area contributed by atoms with E-state index in [0.29, 0.717) is 6.61 Å². The molecule has 1 aromatic carbocycles. The zero-order valence-electron chi connectivity index (χ0n) is 11.7. The van der Waals surface area contributed by atoms with Gasteiger partial charge in [-0.15, -0.1) is 0 Å². The van der Waals surface area contributed by atoms with Crippen molar-refractivity contribution in [2.75, 3.05) is 19.8 Å². The summed E-state index contributed by atoms with van der Waals surface area (Å²) in [6, 6.07) is 4.18. The molecule has 1 atom stereocenters. The second-order valence-electron chi connectivity index (χ2n) is 4.89. The number of fused-ring (bicyclic) bond motifs is 1. The maximum Gasteiger partial charge on any atom is 0.124 e. The number of aliphatic hydroxyl groups excluding tert-OH is 1. The van der Waals surface area contributed by atoms with Crippen LogP contribution in [0.4, 0.5) is 0 Å². The Hall–Kier alpha value is -1.26. The molecule has 0 spiro atoms. The van der Waals surface area contributed by atoms with Crippen LogP contribution in [0.25, 0.3) is 0 Å². The van der Waals surface area contributed by atoms with E-state index in [9.17, 15) is 0 Å². The molecule has 2 rings (SSSR count). The fourth-order valence-electron chi connectivity index (χ4n) is 2.34. The van der Waals surface area contributed by atoms with Crippen LogP contribution in [0.5, 0.6) is 11.5 Å². The summed E-state index contributed by atoms with van der Waals surface area (Å²) in [5, 5.41) is 12.1. The van der Waals surface area contributed by atoms with Crippen molar-refractivity contribution in [3.63, 3.8) is 0 Å². The third-order valence-electron chi connectivity index (χ3n) is 3.21. The molecule has 0 amide bonds. The normalized spacial score (nSPS) is 17.1. The largest absolute Gasteiger partial charge is 0.494 e. The Kier molecular flexibility index (Phi) is 5.05. The van der Waals surface area contributed by atoms with Crippen LogP contribution in [0, 0.1) is 0 Å². The Bertz CT molecular complexity index is 420. The zero-order chi connectivity index (χ0) is 13.7. The molecule has 0 fully saturated rings. The smallest absolute Gasteiger partial charge is 0.124 e. The van der Waals surface area contributed by atoms with E-state index in [-0.39, 0.29) is 12.7 Å². The third-order valence-corrected chi connectivity index (χ3v) is 3.21. The van der Waals surface area contributed by atoms with E-state index in [2.05, 4.69) is 24.4 Å². The average Bonchev–Trinajstić information content (AvgIpc) is 2.74. The lowest BCUT2D eigenvalue weighted by Gasteiger charge is -2.13. The van der Waals surface area contributed by atoms with E-state index < -0.39 is 0 Å². The molecular weight excluding hydrogens is 242 g/mol. The summed E-state index contributed by atoms with van der Waals surface area (Å²) in [5.41, 5.74) is 2.35. The number of benzene rings is 1. The van der Waals surface area contributed by atoms with Crippen molar-refractivity contribution in [3.05, 3.63) is 23.3 Å². The first-order chi connectivity index (χ1) is 9.24. The van der Waals surface area contributed by atoms with Crippen LogP contribution in [-0.4, -0.2) is 31.0 Å². The highest BCUT2D eigenvalue weighted by Crippen LogP contribution is 2.35. The summed E-state index contributed by atoms with van der Waals surface area (Å²) in [7, 11) is 0. The van der Waals surface area contributed by atoms with E-state index in [1.54, 1.807) is 0 Å². The molecule has 0 aromatic heterocycles. The SMILES string of the molecule is CCOc1cc2c(cc1CNCCCO)O[C@@H](C)C2. The van der Waals surface area contributed by atoms with Crippen LogP contribution in [0.3, 0.4) is 0 Å². The number of rotatable bonds is 7. The van der Waals surface area contributed by atoms with Gasteiger partial charge in [0.25, 0.3) is 0 Å². The maximum absolute atomic E-state index is 8.77. The molecule has 2 N–H and O–H groups in total. The Balaban J connectivity index is 2.09. The summed E-state index contributed by atoms with van der Waals surface area (Å²) in [6.45, 7) is 6.50. The summed E-state index contributed by atoms with van der Waals surface area (Å²) in [6.07, 6.45) is 1.97. The Morgan fingerprint density at radius 3 is 3.05 bits per heavy atom. The Morgan fingerprint density at radius 2 is 2.32 bits per heavy atom. The maximum atomic E-state index is 8.77. The lowest BCUT2D eigenvalue weighted by molar-refractivity contribution is 0.254. The standard InChI is InChI=1S/C15H23NO3/c1-3-18-14-8-12-7-11(2)19-15(12)9-13(14)10-16-5-4-6-17/h8-9,11,16-17H,3-7,10H2,1-2H3/t11-/m0/s1. The van der Waals surface area contributed by atoms with Crippen LogP contribution in [-0.2, 0) is 13.0 Å². The van der Waals surface area contributed by atoms with Crippen LogP contribution in [0.1, 0.15) is 31.4 Å². The number of aliphatic hydroxyl groups is 1. The van der Waals surface area contributed by atoms with Gasteiger partial charge in [-0.1, -0.05) is 0 Å². The second kappa shape index (κ2) is 6.78. The predicted molar refractivity (Wildman–Crippen MR) is 74.8 cm³/mol. The molecule has 19 heavy (non-hydrogen) atoms. The molecule has 1 aromatic rings. The molecule has 0 saturated heterocycles. The predicted octanol–water partition coefficient (Wildman–Crippen LogP) is 1.88. The third kappa shape index (κ3) is 3.61. The van der Waals surface area contributed by atoms with Crippen LogP contribution in [0.15, 0.2) is 12.1 Å². The Morgan fingerprint density at radius 1 is 1.47 bits per heavy atom. The number of ether oxygens (including phenoxy) is 2. The van der Waals surface area contributed by atoms with Crippen molar-refractivity contribution in [3.8, 4) is 11.5 Å². The van der Waals surface area contributed by atoms with Gasteiger partial charge in [0.15, 0.2) is 0 Å². The molecule has 0 aliphatic carbocycles. The molecular formula is C15H23NO3. The lowest BCUT2D eigenvalue weighted by Crippen LogP contribution is -2.16. The van der Waals surface area contributed by atoms with E-state index in [1.807, 2.05) is 6.92 Å². The topological polar surface area (TPSA) is 50.7 Å². The molecule has 0 saturated carbocycles. The zero-order valence-corrected chi connectivity index (χ0v) is 11.7. The van der Waals surface area contributed by atoms with Gasteiger partial charge < -0.3 is 19.9 Å². The highest BCUT2D eigenvalue weighted by Gasteiger charge is 2.21. The van der Waals surface area contributed by atoms with Crippen molar-refractivity contribution in [1.82, 2.24) is 5.32 Å². The average molecular weight is 265 g/mol. The first kappa shape index (κ1) is 14.2. The van der Waals surface area contributed by atoms with Crippen molar-refractivity contribution >= 4 is 0 Å². The highest BCUT2D eigenvalue weighted by atomic mass is 16.5. The number of nitrogens with one attached hydrogen (secondary N) is 1. The van der Waals surface area contributed by atoms with E-state index in [0.717, 1.165) is 43.0 Å². The van der Waals surface area contributed by atoms with Gasteiger partial charge in [0.1, 0.15) is 17.6 Å². The second-order valence-corrected chi connectivity index (χ2v) is 4.89. The van der Waals surface area contributed by atoms with Gasteiger partial charge in [0.05, 0.1) is 6.61 Å². The van der Waals surface area contributed by atoms with Gasteiger partial charge in [-0.05, 0) is 38.9 Å². The summed E-state index contributed by atoms with van der Waals surface area (Å²) >= 11 is 0. The number of hydrogen-bond donors (Lipinski definition) is 2. The van der Waals surface area contributed by atoms with Gasteiger partial charge in [-0.3, -0.25) is 0 Å². The summed E-state index contributed by atoms with van der Waals surface area (Å²) in [4.78, 5) is 0. The number of hydrogen-bond acceptors (Lipinski definition) is 4. The first-order valence-corrected chi connectivity index (χ1v) is 7.01. The molecule has 1 aliphatic heterocycles.